The number of fused-ring (bicyclic) bond motifs is 1. The van der Waals surface area contributed by atoms with Gasteiger partial charge in [0, 0.05) is 0 Å². The molecule has 72 valence electrons. The number of rotatable bonds is 2. The lowest BCUT2D eigenvalue weighted by Crippen LogP contribution is -1.88. The molecule has 0 spiro atoms. The summed E-state index contributed by atoms with van der Waals surface area (Å²) in [7, 11) is 0. The fraction of sp³-hybridized carbons (Fsp3) is 0.167. The lowest BCUT2D eigenvalue weighted by molar-refractivity contribution is 0.281. The van der Waals surface area contributed by atoms with E-state index in [2.05, 4.69) is 0 Å². The van der Waals surface area contributed by atoms with Gasteiger partial charge in [-0.25, -0.2) is 0 Å². The van der Waals surface area contributed by atoms with Crippen LogP contribution in [0.25, 0.3) is 10.8 Å². The predicted octanol–water partition coefficient (Wildman–Crippen LogP) is 1.82. The van der Waals surface area contributed by atoms with E-state index >= 15 is 0 Å². The molecule has 0 aromatic heterocycles. The molecule has 2 heteroatoms. The van der Waals surface area contributed by atoms with Crippen LogP contribution in [-0.4, -0.2) is 10.2 Å². The van der Waals surface area contributed by atoms with Crippen LogP contribution >= 0.6 is 0 Å². The molecule has 0 saturated carbocycles. The van der Waals surface area contributed by atoms with E-state index in [0.717, 1.165) is 21.9 Å². The molecule has 0 saturated heterocycles. The largest absolute Gasteiger partial charge is 0.392 e. The van der Waals surface area contributed by atoms with Crippen LogP contribution in [-0.2, 0) is 13.2 Å². The molecule has 0 heterocycles. The van der Waals surface area contributed by atoms with Crippen molar-refractivity contribution in [2.24, 2.45) is 0 Å². The lowest BCUT2D eigenvalue weighted by Gasteiger charge is -2.05. The molecule has 2 aromatic rings. The average molecular weight is 188 g/mol. The number of hydrogen-bond donors (Lipinski definition) is 2. The molecule has 0 unspecified atom stereocenters. The van der Waals surface area contributed by atoms with E-state index in [4.69, 9.17) is 10.2 Å². The minimum absolute atomic E-state index is 0.0340. The van der Waals surface area contributed by atoms with Gasteiger partial charge in [-0.15, -0.1) is 0 Å². The first-order valence-corrected chi connectivity index (χ1v) is 4.57. The van der Waals surface area contributed by atoms with Gasteiger partial charge in [0.1, 0.15) is 0 Å². The van der Waals surface area contributed by atoms with Crippen LogP contribution in [0.5, 0.6) is 0 Å². The monoisotopic (exact) mass is 188 g/mol. The van der Waals surface area contributed by atoms with Crippen molar-refractivity contribution in [2.75, 3.05) is 0 Å². The van der Waals surface area contributed by atoms with Crippen LogP contribution in [0.15, 0.2) is 36.4 Å². The highest BCUT2D eigenvalue weighted by Gasteiger charge is 2.00. The average Bonchev–Trinajstić information content (AvgIpc) is 2.27. The Morgan fingerprint density at radius 3 is 2.50 bits per heavy atom. The number of benzene rings is 2. The fourth-order valence-corrected chi connectivity index (χ4v) is 1.62. The van der Waals surface area contributed by atoms with Gasteiger partial charge >= 0.3 is 0 Å². The summed E-state index contributed by atoms with van der Waals surface area (Å²) < 4.78 is 0. The zero-order valence-electron chi connectivity index (χ0n) is 7.77. The Labute approximate surface area is 82.4 Å². The fourth-order valence-electron chi connectivity index (χ4n) is 1.62. The van der Waals surface area contributed by atoms with Crippen molar-refractivity contribution < 1.29 is 10.2 Å². The van der Waals surface area contributed by atoms with Crippen LogP contribution in [0.2, 0.25) is 0 Å². The number of aliphatic hydroxyl groups excluding tert-OH is 2. The minimum atomic E-state index is 0.0340. The van der Waals surface area contributed by atoms with Gasteiger partial charge in [0.2, 0.25) is 0 Å². The molecule has 0 atom stereocenters. The predicted molar refractivity (Wildman–Crippen MR) is 55.8 cm³/mol. The van der Waals surface area contributed by atoms with Gasteiger partial charge in [0.05, 0.1) is 13.2 Å². The standard InChI is InChI=1S/C12H12O2/c13-7-9-4-5-10-2-1-3-11(8-14)12(10)6-9/h1-6,13-14H,7-8H2. The molecule has 14 heavy (non-hydrogen) atoms. The summed E-state index contributed by atoms with van der Waals surface area (Å²) in [5.41, 5.74) is 1.77. The third-order valence-corrected chi connectivity index (χ3v) is 2.39. The topological polar surface area (TPSA) is 40.5 Å². The van der Waals surface area contributed by atoms with Gasteiger partial charge in [0.15, 0.2) is 0 Å². The van der Waals surface area contributed by atoms with Crippen molar-refractivity contribution in [3.8, 4) is 0 Å². The van der Waals surface area contributed by atoms with Crippen LogP contribution in [0.1, 0.15) is 11.1 Å². The highest BCUT2D eigenvalue weighted by molar-refractivity contribution is 5.86. The first-order chi connectivity index (χ1) is 6.85. The van der Waals surface area contributed by atoms with E-state index in [0.29, 0.717) is 0 Å². The second-order valence-corrected chi connectivity index (χ2v) is 3.29. The molecule has 0 aliphatic heterocycles. The molecule has 2 aromatic carbocycles. The van der Waals surface area contributed by atoms with Gasteiger partial charge in [-0.1, -0.05) is 30.3 Å². The molecule has 2 rings (SSSR count). The molecular formula is C12H12O2. The van der Waals surface area contributed by atoms with E-state index < -0.39 is 0 Å². The van der Waals surface area contributed by atoms with Crippen LogP contribution < -0.4 is 0 Å². The Morgan fingerprint density at radius 1 is 0.929 bits per heavy atom. The van der Waals surface area contributed by atoms with E-state index in [9.17, 15) is 0 Å². The van der Waals surface area contributed by atoms with Crippen molar-refractivity contribution in [3.63, 3.8) is 0 Å². The summed E-state index contributed by atoms with van der Waals surface area (Å²) in [6.07, 6.45) is 0. The maximum Gasteiger partial charge on any atom is 0.0687 e. The zero-order chi connectivity index (χ0) is 9.97. The van der Waals surface area contributed by atoms with E-state index in [1.807, 2.05) is 36.4 Å². The first-order valence-electron chi connectivity index (χ1n) is 4.57. The van der Waals surface area contributed by atoms with Crippen molar-refractivity contribution in [2.45, 2.75) is 13.2 Å². The molecule has 0 bridgehead atoms. The van der Waals surface area contributed by atoms with Gasteiger partial charge in [-0.2, -0.15) is 0 Å². The Bertz CT molecular complexity index is 449. The maximum absolute atomic E-state index is 9.14. The third kappa shape index (κ3) is 1.50. The smallest absolute Gasteiger partial charge is 0.0687 e. The molecule has 0 fully saturated rings. The van der Waals surface area contributed by atoms with Crippen LogP contribution in [0, 0.1) is 0 Å². The van der Waals surface area contributed by atoms with Crippen molar-refractivity contribution >= 4 is 10.8 Å². The highest BCUT2D eigenvalue weighted by Crippen LogP contribution is 2.20. The second-order valence-electron chi connectivity index (χ2n) is 3.29. The van der Waals surface area contributed by atoms with Crippen molar-refractivity contribution in [3.05, 3.63) is 47.5 Å². The number of aliphatic hydroxyl groups is 2. The van der Waals surface area contributed by atoms with Gasteiger partial charge < -0.3 is 10.2 Å². The van der Waals surface area contributed by atoms with Crippen LogP contribution in [0.3, 0.4) is 0 Å². The molecule has 0 amide bonds. The van der Waals surface area contributed by atoms with Crippen molar-refractivity contribution in [1.29, 1.82) is 0 Å². The molecule has 2 nitrogen and oxygen atoms in total. The Morgan fingerprint density at radius 2 is 1.79 bits per heavy atom. The van der Waals surface area contributed by atoms with E-state index in [1.54, 1.807) is 0 Å². The third-order valence-electron chi connectivity index (χ3n) is 2.39. The Balaban J connectivity index is 2.70. The number of hydrogen-bond acceptors (Lipinski definition) is 2. The molecular weight excluding hydrogens is 176 g/mol. The molecule has 0 aliphatic carbocycles. The summed E-state index contributed by atoms with van der Waals surface area (Å²) in [5, 5.41) is 20.2. The van der Waals surface area contributed by atoms with E-state index in [1.165, 1.54) is 0 Å². The molecule has 0 radical (unpaired) electrons. The summed E-state index contributed by atoms with van der Waals surface area (Å²) in [6, 6.07) is 11.6. The Kier molecular flexibility index (Phi) is 2.48. The summed E-state index contributed by atoms with van der Waals surface area (Å²) in [4.78, 5) is 0. The molecule has 0 aliphatic rings. The van der Waals surface area contributed by atoms with E-state index in [-0.39, 0.29) is 13.2 Å². The Hall–Kier alpha value is -1.38. The summed E-state index contributed by atoms with van der Waals surface area (Å²) in [6.45, 7) is 0.0714. The normalized spacial score (nSPS) is 10.7. The van der Waals surface area contributed by atoms with Gasteiger partial charge in [-0.3, -0.25) is 0 Å². The summed E-state index contributed by atoms with van der Waals surface area (Å²) >= 11 is 0. The minimum Gasteiger partial charge on any atom is -0.392 e. The first kappa shape index (κ1) is 9.19. The highest BCUT2D eigenvalue weighted by atomic mass is 16.3. The quantitative estimate of drug-likeness (QED) is 0.754. The maximum atomic E-state index is 9.14. The molecule has 2 N–H and O–H groups in total. The van der Waals surface area contributed by atoms with Crippen LogP contribution in [0.4, 0.5) is 0 Å². The second kappa shape index (κ2) is 3.78. The lowest BCUT2D eigenvalue weighted by atomic mass is 10.0. The summed E-state index contributed by atoms with van der Waals surface area (Å²) in [5.74, 6) is 0. The van der Waals surface area contributed by atoms with Gasteiger partial charge in [0.25, 0.3) is 0 Å². The SMILES string of the molecule is OCc1ccc2cccc(CO)c2c1. The van der Waals surface area contributed by atoms with Gasteiger partial charge in [-0.05, 0) is 28.0 Å². The van der Waals surface area contributed by atoms with Crippen molar-refractivity contribution in [1.82, 2.24) is 0 Å². The zero-order valence-corrected chi connectivity index (χ0v) is 7.77.